The van der Waals surface area contributed by atoms with Crippen molar-refractivity contribution in [3.63, 3.8) is 0 Å². The van der Waals surface area contributed by atoms with Gasteiger partial charge in [0, 0.05) is 18.3 Å². The Bertz CT molecular complexity index is 299. The Morgan fingerprint density at radius 2 is 2.33 bits per heavy atom. The summed E-state index contributed by atoms with van der Waals surface area (Å²) in [6, 6.07) is 0. The van der Waals surface area contributed by atoms with Crippen LogP contribution >= 0.6 is 0 Å². The Morgan fingerprint density at radius 3 is 2.92 bits per heavy atom. The molecular formula is C10H14N2. The maximum Gasteiger partial charge on any atom is 0.112 e. The summed E-state index contributed by atoms with van der Waals surface area (Å²) < 4.78 is 2.08. The van der Waals surface area contributed by atoms with Gasteiger partial charge in [0.1, 0.15) is 5.82 Å². The van der Waals surface area contributed by atoms with Crippen LogP contribution in [0.3, 0.4) is 0 Å². The first-order valence-electron chi connectivity index (χ1n) is 4.16. The van der Waals surface area contributed by atoms with Gasteiger partial charge < -0.3 is 4.57 Å². The Hall–Kier alpha value is -1.23. The molecule has 0 aliphatic heterocycles. The maximum atomic E-state index is 4.26. The molecule has 2 heteroatoms. The normalized spacial score (nSPS) is 9.67. The van der Waals surface area contributed by atoms with Gasteiger partial charge in [-0.25, -0.2) is 4.98 Å². The van der Waals surface area contributed by atoms with Crippen molar-refractivity contribution < 1.29 is 0 Å². The van der Waals surface area contributed by atoms with Gasteiger partial charge in [0.2, 0.25) is 0 Å². The van der Waals surface area contributed by atoms with E-state index in [1.165, 1.54) is 0 Å². The van der Waals surface area contributed by atoms with Gasteiger partial charge in [0.25, 0.3) is 0 Å². The summed E-state index contributed by atoms with van der Waals surface area (Å²) in [6.07, 6.45) is 3.80. The quantitative estimate of drug-likeness (QED) is 0.608. The fourth-order valence-electron chi connectivity index (χ4n) is 1.12. The van der Waals surface area contributed by atoms with Crippen LogP contribution in [0.4, 0.5) is 0 Å². The lowest BCUT2D eigenvalue weighted by atomic mass is 10.2. The highest BCUT2D eigenvalue weighted by Gasteiger charge is 2.04. The molecule has 2 nitrogen and oxygen atoms in total. The van der Waals surface area contributed by atoms with Crippen LogP contribution in [-0.4, -0.2) is 9.55 Å². The molecule has 0 saturated carbocycles. The van der Waals surface area contributed by atoms with Gasteiger partial charge in [0.15, 0.2) is 0 Å². The van der Waals surface area contributed by atoms with Gasteiger partial charge >= 0.3 is 0 Å². The smallest absolute Gasteiger partial charge is 0.112 e. The molecule has 0 aliphatic rings. The van der Waals surface area contributed by atoms with E-state index in [4.69, 9.17) is 0 Å². The minimum atomic E-state index is 0.471. The summed E-state index contributed by atoms with van der Waals surface area (Å²) in [5.74, 6) is 7.47. The zero-order chi connectivity index (χ0) is 8.97. The van der Waals surface area contributed by atoms with Crippen LogP contribution in [-0.2, 0) is 6.54 Å². The van der Waals surface area contributed by atoms with Gasteiger partial charge in [0.05, 0.1) is 6.54 Å². The highest BCUT2D eigenvalue weighted by Crippen LogP contribution is 2.10. The Balaban J connectivity index is 2.81. The van der Waals surface area contributed by atoms with Gasteiger partial charge in [-0.2, -0.15) is 0 Å². The third-order valence-electron chi connectivity index (χ3n) is 1.69. The fourth-order valence-corrected chi connectivity index (χ4v) is 1.12. The number of imidazole rings is 1. The molecule has 64 valence electrons. The van der Waals surface area contributed by atoms with Crippen LogP contribution in [0.5, 0.6) is 0 Å². The minimum absolute atomic E-state index is 0.471. The summed E-state index contributed by atoms with van der Waals surface area (Å²) in [5.41, 5.74) is 0. The van der Waals surface area contributed by atoms with Crippen LogP contribution in [0.1, 0.15) is 32.5 Å². The van der Waals surface area contributed by atoms with Gasteiger partial charge in [-0.3, -0.25) is 0 Å². The highest BCUT2D eigenvalue weighted by molar-refractivity contribution is 5.03. The predicted octanol–water partition coefficient (Wildman–Crippen LogP) is 2.03. The first-order chi connectivity index (χ1) is 5.75. The molecule has 0 amide bonds. The lowest BCUT2D eigenvalue weighted by Crippen LogP contribution is -2.03. The summed E-state index contributed by atoms with van der Waals surface area (Å²) in [4.78, 5) is 4.26. The number of nitrogens with zero attached hydrogens (tertiary/aromatic N) is 2. The molecule has 1 heterocycles. The molecule has 1 aromatic rings. The molecule has 1 aromatic heterocycles. The average Bonchev–Trinajstić information content (AvgIpc) is 2.48. The van der Waals surface area contributed by atoms with E-state index in [0.717, 1.165) is 12.4 Å². The predicted molar refractivity (Wildman–Crippen MR) is 49.8 cm³/mol. The van der Waals surface area contributed by atoms with Crippen molar-refractivity contribution in [2.45, 2.75) is 33.2 Å². The highest BCUT2D eigenvalue weighted by atomic mass is 15.1. The first-order valence-corrected chi connectivity index (χ1v) is 4.16. The van der Waals surface area contributed by atoms with Crippen molar-refractivity contribution in [2.75, 3.05) is 0 Å². The third kappa shape index (κ3) is 1.88. The first kappa shape index (κ1) is 8.86. The zero-order valence-electron chi connectivity index (χ0n) is 7.83. The van der Waals surface area contributed by atoms with E-state index in [1.807, 2.05) is 19.3 Å². The lowest BCUT2D eigenvalue weighted by Gasteiger charge is -2.05. The second-order valence-corrected chi connectivity index (χ2v) is 2.99. The van der Waals surface area contributed by atoms with Crippen molar-refractivity contribution >= 4 is 0 Å². The number of hydrogen-bond acceptors (Lipinski definition) is 1. The third-order valence-corrected chi connectivity index (χ3v) is 1.69. The van der Waals surface area contributed by atoms with Gasteiger partial charge in [-0.1, -0.05) is 19.8 Å². The SMILES string of the molecule is CC#CCn1ccnc1C(C)C. The molecule has 0 radical (unpaired) electrons. The topological polar surface area (TPSA) is 17.8 Å². The average molecular weight is 162 g/mol. The fraction of sp³-hybridized carbons (Fsp3) is 0.500. The van der Waals surface area contributed by atoms with Crippen LogP contribution < -0.4 is 0 Å². The van der Waals surface area contributed by atoms with Crippen molar-refractivity contribution in [3.8, 4) is 11.8 Å². The number of rotatable bonds is 2. The van der Waals surface area contributed by atoms with Crippen LogP contribution in [0.15, 0.2) is 12.4 Å². The molecule has 0 spiro atoms. The summed E-state index contributed by atoms with van der Waals surface area (Å²) in [7, 11) is 0. The molecular weight excluding hydrogens is 148 g/mol. The largest absolute Gasteiger partial charge is 0.323 e. The molecule has 0 bridgehead atoms. The molecule has 0 aliphatic carbocycles. The summed E-state index contributed by atoms with van der Waals surface area (Å²) in [6.45, 7) is 6.88. The molecule has 0 atom stereocenters. The van der Waals surface area contributed by atoms with E-state index in [9.17, 15) is 0 Å². The summed E-state index contributed by atoms with van der Waals surface area (Å²) >= 11 is 0. The van der Waals surface area contributed by atoms with E-state index in [2.05, 4.69) is 35.2 Å². The van der Waals surface area contributed by atoms with Crippen molar-refractivity contribution in [1.82, 2.24) is 9.55 Å². The van der Waals surface area contributed by atoms with Crippen molar-refractivity contribution in [1.29, 1.82) is 0 Å². The van der Waals surface area contributed by atoms with Crippen LogP contribution in [0.25, 0.3) is 0 Å². The molecule has 1 rings (SSSR count). The summed E-state index contributed by atoms with van der Waals surface area (Å²) in [5, 5.41) is 0. The second kappa shape index (κ2) is 3.96. The lowest BCUT2D eigenvalue weighted by molar-refractivity contribution is 0.685. The molecule has 0 N–H and O–H groups in total. The van der Waals surface area contributed by atoms with E-state index in [1.54, 1.807) is 0 Å². The monoisotopic (exact) mass is 162 g/mol. The maximum absolute atomic E-state index is 4.26. The minimum Gasteiger partial charge on any atom is -0.323 e. The zero-order valence-corrected chi connectivity index (χ0v) is 7.83. The number of aromatic nitrogens is 2. The molecule has 0 aromatic carbocycles. The van der Waals surface area contributed by atoms with Crippen LogP contribution in [0, 0.1) is 11.8 Å². The Morgan fingerprint density at radius 1 is 1.58 bits per heavy atom. The molecule has 0 unspecified atom stereocenters. The second-order valence-electron chi connectivity index (χ2n) is 2.99. The van der Waals surface area contributed by atoms with E-state index < -0.39 is 0 Å². The van der Waals surface area contributed by atoms with E-state index in [-0.39, 0.29) is 0 Å². The van der Waals surface area contributed by atoms with E-state index >= 15 is 0 Å². The Kier molecular flexibility index (Phi) is 2.93. The number of hydrogen-bond donors (Lipinski definition) is 0. The van der Waals surface area contributed by atoms with E-state index in [0.29, 0.717) is 5.92 Å². The van der Waals surface area contributed by atoms with Crippen molar-refractivity contribution in [3.05, 3.63) is 18.2 Å². The molecule has 0 saturated heterocycles. The van der Waals surface area contributed by atoms with Gasteiger partial charge in [-0.15, -0.1) is 5.92 Å². The standard InChI is InChI=1S/C10H14N2/c1-4-5-7-12-8-6-11-10(12)9(2)3/h6,8-9H,7H2,1-3H3. The van der Waals surface area contributed by atoms with Crippen LogP contribution in [0.2, 0.25) is 0 Å². The molecule has 0 fully saturated rings. The van der Waals surface area contributed by atoms with Gasteiger partial charge in [-0.05, 0) is 6.92 Å². The Labute approximate surface area is 73.6 Å². The molecule has 12 heavy (non-hydrogen) atoms. The van der Waals surface area contributed by atoms with Crippen molar-refractivity contribution in [2.24, 2.45) is 0 Å².